The van der Waals surface area contributed by atoms with Gasteiger partial charge in [-0.1, -0.05) is 0 Å². The molecule has 1 N–H and O–H groups in total. The Balaban J connectivity index is 1.44. The second kappa shape index (κ2) is 9.34. The molecule has 0 aliphatic carbocycles. The van der Waals surface area contributed by atoms with Gasteiger partial charge in [0.05, 0.1) is 39.5 Å². The minimum Gasteiger partial charge on any atom is -0.493 e. The molecule has 3 aromatic heterocycles. The van der Waals surface area contributed by atoms with Crippen molar-refractivity contribution in [2.45, 2.75) is 12.5 Å². The lowest BCUT2D eigenvalue weighted by Gasteiger charge is -2.20. The van der Waals surface area contributed by atoms with Gasteiger partial charge in [0.15, 0.2) is 22.9 Å². The van der Waals surface area contributed by atoms with Crippen molar-refractivity contribution in [3.63, 3.8) is 0 Å². The predicted molar refractivity (Wildman–Crippen MR) is 133 cm³/mol. The van der Waals surface area contributed by atoms with Gasteiger partial charge in [0.2, 0.25) is 11.7 Å². The third-order valence-corrected chi connectivity index (χ3v) is 6.24. The molecule has 0 bridgehead atoms. The number of ether oxygens (including phenoxy) is 3. The predicted octanol–water partition coefficient (Wildman–Crippen LogP) is 3.32. The van der Waals surface area contributed by atoms with E-state index in [-0.39, 0.29) is 0 Å². The fraction of sp³-hybridized carbons (Fsp3) is 0.375. The summed E-state index contributed by atoms with van der Waals surface area (Å²) in [4.78, 5) is 18.5. The molecule has 1 aliphatic heterocycles. The fourth-order valence-corrected chi connectivity index (χ4v) is 4.29. The number of rotatable bonds is 8. The van der Waals surface area contributed by atoms with Crippen LogP contribution in [0.4, 0.5) is 17.6 Å². The second-order valence-electron chi connectivity index (χ2n) is 8.53. The van der Waals surface area contributed by atoms with Crippen LogP contribution in [0.15, 0.2) is 41.4 Å². The lowest BCUT2D eigenvalue weighted by Crippen LogP contribution is -2.32. The van der Waals surface area contributed by atoms with Crippen LogP contribution in [0.1, 0.15) is 6.42 Å². The number of fused-ring (bicyclic) bond motifs is 1. The molecule has 0 amide bonds. The zero-order chi connectivity index (χ0) is 24.5. The summed E-state index contributed by atoms with van der Waals surface area (Å²) in [5.74, 6) is 3.50. The van der Waals surface area contributed by atoms with Gasteiger partial charge in [0, 0.05) is 37.3 Å². The van der Waals surface area contributed by atoms with E-state index < -0.39 is 0 Å². The summed E-state index contributed by atoms with van der Waals surface area (Å²) in [7, 11) is 8.96. The van der Waals surface area contributed by atoms with E-state index >= 15 is 0 Å². The van der Waals surface area contributed by atoms with Crippen molar-refractivity contribution >= 4 is 28.7 Å². The fourth-order valence-electron chi connectivity index (χ4n) is 4.29. The van der Waals surface area contributed by atoms with Gasteiger partial charge < -0.3 is 38.3 Å². The lowest BCUT2D eigenvalue weighted by molar-refractivity contribution is 0.315. The molecule has 11 nitrogen and oxygen atoms in total. The van der Waals surface area contributed by atoms with Crippen molar-refractivity contribution in [2.24, 2.45) is 0 Å². The van der Waals surface area contributed by atoms with Gasteiger partial charge in [0.1, 0.15) is 17.7 Å². The van der Waals surface area contributed by atoms with Crippen LogP contribution in [0, 0.1) is 0 Å². The number of nitrogens with zero attached hydrogens (tertiary/aromatic N) is 6. The molecule has 1 aromatic carbocycles. The highest BCUT2D eigenvalue weighted by Gasteiger charge is 2.27. The molecular formula is C24H29N7O4. The Morgan fingerprint density at radius 1 is 1.09 bits per heavy atom. The minimum absolute atomic E-state index is 0.476. The van der Waals surface area contributed by atoms with Gasteiger partial charge in [-0.05, 0) is 20.5 Å². The van der Waals surface area contributed by atoms with E-state index in [0.717, 1.165) is 30.7 Å². The molecule has 1 unspecified atom stereocenters. The van der Waals surface area contributed by atoms with E-state index in [1.165, 1.54) is 0 Å². The largest absolute Gasteiger partial charge is 0.493 e. The van der Waals surface area contributed by atoms with Crippen LogP contribution in [0.2, 0.25) is 0 Å². The van der Waals surface area contributed by atoms with Crippen LogP contribution in [-0.2, 0) is 0 Å². The van der Waals surface area contributed by atoms with Crippen molar-refractivity contribution in [2.75, 3.05) is 58.7 Å². The maximum Gasteiger partial charge on any atom is 0.228 e. The third-order valence-electron chi connectivity index (χ3n) is 6.24. The summed E-state index contributed by atoms with van der Waals surface area (Å²) in [6.07, 6.45) is 6.25. The monoisotopic (exact) mass is 479 g/mol. The minimum atomic E-state index is 0.476. The van der Waals surface area contributed by atoms with Gasteiger partial charge in [-0.3, -0.25) is 0 Å². The quantitative estimate of drug-likeness (QED) is 0.405. The summed E-state index contributed by atoms with van der Waals surface area (Å²) < 4.78 is 23.9. The lowest BCUT2D eigenvalue weighted by atomic mass is 10.2. The Kier molecular flexibility index (Phi) is 6.08. The number of nitrogens with one attached hydrogen (secondary N) is 1. The first-order chi connectivity index (χ1) is 17.0. The molecule has 4 heterocycles. The summed E-state index contributed by atoms with van der Waals surface area (Å²) in [6.45, 7) is 1.78. The van der Waals surface area contributed by atoms with Crippen LogP contribution in [-0.4, -0.2) is 79.0 Å². The highest BCUT2D eigenvalue weighted by atomic mass is 16.5. The molecule has 5 rings (SSSR count). The molecule has 1 fully saturated rings. The SMILES string of the molecule is COc1cc(-n2cnc(Nc3nc(N4CCC(N(C)C)C4)nc4ccoc34)c2)cc(OC)c1OC. The molecular weight excluding hydrogens is 450 g/mol. The topological polar surface area (TPSA) is 103 Å². The van der Waals surface area contributed by atoms with Gasteiger partial charge in [-0.15, -0.1) is 0 Å². The zero-order valence-electron chi connectivity index (χ0n) is 20.5. The van der Waals surface area contributed by atoms with Crippen molar-refractivity contribution in [3.8, 4) is 22.9 Å². The Labute approximate surface area is 203 Å². The Morgan fingerprint density at radius 2 is 1.86 bits per heavy atom. The van der Waals surface area contributed by atoms with Crippen molar-refractivity contribution in [3.05, 3.63) is 37.0 Å². The summed E-state index contributed by atoms with van der Waals surface area (Å²) in [6, 6.07) is 6.04. The average molecular weight is 480 g/mol. The molecule has 1 atom stereocenters. The van der Waals surface area contributed by atoms with Crippen LogP contribution in [0.3, 0.4) is 0 Å². The van der Waals surface area contributed by atoms with Gasteiger partial charge in [0.25, 0.3) is 0 Å². The molecule has 11 heteroatoms. The molecule has 1 aliphatic rings. The van der Waals surface area contributed by atoms with E-state index in [0.29, 0.717) is 46.5 Å². The Morgan fingerprint density at radius 3 is 2.51 bits per heavy atom. The average Bonchev–Trinajstić information content (AvgIpc) is 3.63. The highest BCUT2D eigenvalue weighted by Crippen LogP contribution is 2.39. The van der Waals surface area contributed by atoms with Crippen molar-refractivity contribution < 1.29 is 18.6 Å². The van der Waals surface area contributed by atoms with Crippen LogP contribution < -0.4 is 24.4 Å². The molecule has 0 radical (unpaired) electrons. The van der Waals surface area contributed by atoms with Crippen LogP contribution >= 0.6 is 0 Å². The number of methoxy groups -OCH3 is 3. The number of hydrogen-bond donors (Lipinski definition) is 1. The standard InChI is InChI=1S/C24H29N7O4/c1-29(2)15-6-8-30(12-15)24-26-17-7-9-35-21(17)23(28-24)27-20-13-31(14-25-20)16-10-18(32-3)22(34-5)19(11-16)33-4/h7,9-11,13-15H,6,8,12H2,1-5H3,(H,26,27,28). The first-order valence-corrected chi connectivity index (χ1v) is 11.3. The molecule has 184 valence electrons. The number of anilines is 3. The third kappa shape index (κ3) is 4.30. The van der Waals surface area contributed by atoms with E-state index in [9.17, 15) is 0 Å². The molecule has 0 saturated carbocycles. The number of imidazole rings is 1. The normalized spacial score (nSPS) is 15.7. The Bertz CT molecular complexity index is 1310. The van der Waals surface area contributed by atoms with E-state index in [2.05, 4.69) is 34.2 Å². The molecule has 4 aromatic rings. The van der Waals surface area contributed by atoms with E-state index in [1.54, 1.807) is 33.9 Å². The maximum atomic E-state index is 5.68. The molecule has 0 spiro atoms. The van der Waals surface area contributed by atoms with E-state index in [4.69, 9.17) is 28.6 Å². The van der Waals surface area contributed by atoms with Gasteiger partial charge in [-0.2, -0.15) is 4.98 Å². The van der Waals surface area contributed by atoms with E-state index in [1.807, 2.05) is 29.0 Å². The smallest absolute Gasteiger partial charge is 0.228 e. The molecule has 1 saturated heterocycles. The number of aromatic nitrogens is 4. The van der Waals surface area contributed by atoms with Crippen molar-refractivity contribution in [1.82, 2.24) is 24.4 Å². The number of likely N-dealkylation sites (N-methyl/N-ethyl adjacent to an activating group) is 1. The number of hydrogen-bond acceptors (Lipinski definition) is 10. The van der Waals surface area contributed by atoms with Crippen LogP contribution in [0.25, 0.3) is 16.8 Å². The second-order valence-corrected chi connectivity index (χ2v) is 8.53. The van der Waals surface area contributed by atoms with Crippen LogP contribution in [0.5, 0.6) is 17.2 Å². The Hall–Kier alpha value is -3.99. The number of furan rings is 1. The first-order valence-electron chi connectivity index (χ1n) is 11.3. The van der Waals surface area contributed by atoms with Crippen molar-refractivity contribution in [1.29, 1.82) is 0 Å². The highest BCUT2D eigenvalue weighted by molar-refractivity contribution is 5.86. The van der Waals surface area contributed by atoms with Gasteiger partial charge in [-0.25, -0.2) is 9.97 Å². The number of benzene rings is 1. The summed E-state index contributed by atoms with van der Waals surface area (Å²) in [5.41, 5.74) is 2.13. The molecule has 35 heavy (non-hydrogen) atoms. The van der Waals surface area contributed by atoms with Gasteiger partial charge >= 0.3 is 0 Å². The summed E-state index contributed by atoms with van der Waals surface area (Å²) in [5, 5.41) is 3.30. The first kappa shape index (κ1) is 22.8. The zero-order valence-corrected chi connectivity index (χ0v) is 20.5. The maximum absolute atomic E-state index is 5.68. The summed E-state index contributed by atoms with van der Waals surface area (Å²) >= 11 is 0.